The third kappa shape index (κ3) is 5.25. The van der Waals surface area contributed by atoms with Crippen molar-refractivity contribution in [1.82, 2.24) is 19.5 Å². The molecule has 0 bridgehead atoms. The van der Waals surface area contributed by atoms with Crippen molar-refractivity contribution in [3.05, 3.63) is 193 Å². The number of benzene rings is 8. The van der Waals surface area contributed by atoms with Crippen LogP contribution in [0.1, 0.15) is 25.0 Å². The minimum absolute atomic E-state index is 0.151. The van der Waals surface area contributed by atoms with Crippen molar-refractivity contribution in [2.75, 3.05) is 0 Å². The Morgan fingerprint density at radius 3 is 1.75 bits per heavy atom. The van der Waals surface area contributed by atoms with Gasteiger partial charge in [-0.3, -0.25) is 0 Å². The lowest BCUT2D eigenvalue weighted by molar-refractivity contribution is 0.661. The maximum atomic E-state index is 5.29. The first-order chi connectivity index (χ1) is 29.0. The zero-order valence-electron chi connectivity index (χ0n) is 32.5. The maximum absolute atomic E-state index is 5.29. The van der Waals surface area contributed by atoms with E-state index in [1.54, 1.807) is 11.3 Å². The van der Waals surface area contributed by atoms with Crippen LogP contribution in [-0.4, -0.2) is 19.5 Å². The molecule has 4 nitrogen and oxygen atoms in total. The topological polar surface area (TPSA) is 43.6 Å². The molecule has 3 aromatic heterocycles. The van der Waals surface area contributed by atoms with Crippen LogP contribution in [-0.2, 0) is 5.41 Å². The molecule has 278 valence electrons. The van der Waals surface area contributed by atoms with E-state index in [-0.39, 0.29) is 5.41 Å². The van der Waals surface area contributed by atoms with Gasteiger partial charge in [0.1, 0.15) is 0 Å². The Morgan fingerprint density at radius 1 is 0.407 bits per heavy atom. The summed E-state index contributed by atoms with van der Waals surface area (Å²) < 4.78 is 4.87. The molecule has 8 aromatic carbocycles. The molecular formula is C54H36N4S. The molecule has 0 N–H and O–H groups in total. The minimum Gasteiger partial charge on any atom is -0.309 e. The Hall–Kier alpha value is -7.21. The van der Waals surface area contributed by atoms with Crippen LogP contribution in [0.5, 0.6) is 0 Å². The monoisotopic (exact) mass is 772 g/mol. The molecule has 11 aromatic rings. The van der Waals surface area contributed by atoms with Gasteiger partial charge < -0.3 is 4.57 Å². The molecule has 0 aliphatic heterocycles. The number of thiophene rings is 1. The molecule has 0 saturated carbocycles. The lowest BCUT2D eigenvalue weighted by Gasteiger charge is -2.21. The van der Waals surface area contributed by atoms with Gasteiger partial charge in [-0.1, -0.05) is 159 Å². The van der Waals surface area contributed by atoms with E-state index in [1.807, 2.05) is 36.4 Å². The minimum atomic E-state index is -0.151. The van der Waals surface area contributed by atoms with Crippen molar-refractivity contribution < 1.29 is 0 Å². The molecule has 0 radical (unpaired) electrons. The highest BCUT2D eigenvalue weighted by atomic mass is 32.1. The summed E-state index contributed by atoms with van der Waals surface area (Å²) >= 11 is 1.80. The second-order valence-electron chi connectivity index (χ2n) is 16.0. The van der Waals surface area contributed by atoms with Gasteiger partial charge in [-0.05, 0) is 69.8 Å². The largest absolute Gasteiger partial charge is 0.309 e. The normalized spacial score (nSPS) is 13.1. The van der Waals surface area contributed by atoms with Crippen LogP contribution in [0.25, 0.3) is 104 Å². The Morgan fingerprint density at radius 2 is 1.02 bits per heavy atom. The summed E-state index contributed by atoms with van der Waals surface area (Å²) in [4.78, 5) is 15.6. The third-order valence-corrected chi connectivity index (χ3v) is 13.5. The Kier molecular flexibility index (Phi) is 7.41. The zero-order valence-corrected chi connectivity index (χ0v) is 33.3. The molecule has 12 rings (SSSR count). The second-order valence-corrected chi connectivity index (χ2v) is 17.1. The molecule has 0 spiro atoms. The van der Waals surface area contributed by atoms with Crippen molar-refractivity contribution in [3.63, 3.8) is 0 Å². The van der Waals surface area contributed by atoms with E-state index < -0.39 is 0 Å². The SMILES string of the molecule is CC1(C)c2ccccc2-c2cc3c4ccc(-c5ccccc5)cc4n(-c4cc(-c5nc(-c6ccccc6)nc(-c6ccccc6)n5)c5sc6ccccc6c5c4)c3cc21. The first-order valence-electron chi connectivity index (χ1n) is 20.1. The van der Waals surface area contributed by atoms with Gasteiger partial charge in [-0.15, -0.1) is 11.3 Å². The van der Waals surface area contributed by atoms with Crippen molar-refractivity contribution in [1.29, 1.82) is 0 Å². The molecule has 1 aliphatic carbocycles. The summed E-state index contributed by atoms with van der Waals surface area (Å²) in [5, 5.41) is 4.86. The molecule has 0 atom stereocenters. The molecule has 3 heterocycles. The third-order valence-electron chi connectivity index (χ3n) is 12.2. The van der Waals surface area contributed by atoms with E-state index in [0.29, 0.717) is 17.5 Å². The van der Waals surface area contributed by atoms with Gasteiger partial charge in [0.15, 0.2) is 17.5 Å². The van der Waals surface area contributed by atoms with Crippen LogP contribution < -0.4 is 0 Å². The molecular weight excluding hydrogens is 737 g/mol. The number of hydrogen-bond donors (Lipinski definition) is 0. The highest BCUT2D eigenvalue weighted by molar-refractivity contribution is 7.26. The molecule has 1 aliphatic rings. The highest BCUT2D eigenvalue weighted by Gasteiger charge is 2.36. The van der Waals surface area contributed by atoms with Crippen LogP contribution in [0.3, 0.4) is 0 Å². The smallest absolute Gasteiger partial charge is 0.165 e. The fraction of sp³-hybridized carbons (Fsp3) is 0.0556. The molecule has 0 saturated heterocycles. The average Bonchev–Trinajstić information content (AvgIpc) is 3.91. The quantitative estimate of drug-likeness (QED) is 0.175. The molecule has 59 heavy (non-hydrogen) atoms. The first kappa shape index (κ1) is 33.9. The van der Waals surface area contributed by atoms with E-state index >= 15 is 0 Å². The lowest BCUT2D eigenvalue weighted by atomic mass is 9.82. The van der Waals surface area contributed by atoms with E-state index in [0.717, 1.165) is 32.6 Å². The summed E-state index contributed by atoms with van der Waals surface area (Å²) in [6.45, 7) is 4.72. The average molecular weight is 773 g/mol. The van der Waals surface area contributed by atoms with Gasteiger partial charge >= 0.3 is 0 Å². The van der Waals surface area contributed by atoms with Crippen LogP contribution in [0.15, 0.2) is 182 Å². The van der Waals surface area contributed by atoms with Crippen LogP contribution in [0.4, 0.5) is 0 Å². The van der Waals surface area contributed by atoms with Crippen molar-refractivity contribution in [2.24, 2.45) is 0 Å². The number of aromatic nitrogens is 4. The van der Waals surface area contributed by atoms with Crippen LogP contribution in [0, 0.1) is 0 Å². The number of rotatable bonds is 5. The van der Waals surface area contributed by atoms with Gasteiger partial charge in [0.25, 0.3) is 0 Å². The summed E-state index contributed by atoms with van der Waals surface area (Å²) in [5.41, 5.74) is 13.9. The van der Waals surface area contributed by atoms with E-state index in [4.69, 9.17) is 15.0 Å². The maximum Gasteiger partial charge on any atom is 0.165 e. The standard InChI is InChI=1S/C54H36N4S/c1-54(2)45-24-14-12-22-38(45)41-31-42-39-27-26-36(33-16-6-3-7-17-33)28-47(39)58(48(42)32-46(41)54)37-29-43-40-23-13-15-25-49(40)59-50(43)44(30-37)53-56-51(34-18-8-4-9-19-34)55-52(57-53)35-20-10-5-11-21-35/h3-32H,1-2H3. The van der Waals surface area contributed by atoms with Gasteiger partial charge in [0, 0.05) is 58.7 Å². The summed E-state index contributed by atoms with van der Waals surface area (Å²) in [6.07, 6.45) is 0. The van der Waals surface area contributed by atoms with Crippen molar-refractivity contribution >= 4 is 53.3 Å². The zero-order chi connectivity index (χ0) is 39.2. The fourth-order valence-corrected chi connectivity index (χ4v) is 10.5. The predicted octanol–water partition coefficient (Wildman–Crippen LogP) is 14.3. The van der Waals surface area contributed by atoms with Gasteiger partial charge in [-0.2, -0.15) is 0 Å². The summed E-state index contributed by atoms with van der Waals surface area (Å²) in [7, 11) is 0. The van der Waals surface area contributed by atoms with Gasteiger partial charge in [0.05, 0.1) is 11.0 Å². The lowest BCUT2D eigenvalue weighted by Crippen LogP contribution is -2.15. The van der Waals surface area contributed by atoms with E-state index in [9.17, 15) is 0 Å². The van der Waals surface area contributed by atoms with Crippen molar-refractivity contribution in [3.8, 4) is 62.1 Å². The van der Waals surface area contributed by atoms with Crippen LogP contribution in [0.2, 0.25) is 0 Å². The Labute approximate surface area is 345 Å². The van der Waals surface area contributed by atoms with E-state index in [1.165, 1.54) is 65.1 Å². The van der Waals surface area contributed by atoms with Crippen LogP contribution >= 0.6 is 11.3 Å². The van der Waals surface area contributed by atoms with Gasteiger partial charge in [-0.25, -0.2) is 15.0 Å². The van der Waals surface area contributed by atoms with E-state index in [2.05, 4.69) is 164 Å². The fourth-order valence-electron chi connectivity index (χ4n) is 9.34. The second kappa shape index (κ2) is 12.9. The first-order valence-corrected chi connectivity index (χ1v) is 20.9. The summed E-state index contributed by atoms with van der Waals surface area (Å²) in [5.74, 6) is 1.95. The highest BCUT2D eigenvalue weighted by Crippen LogP contribution is 2.51. The van der Waals surface area contributed by atoms with Gasteiger partial charge in [0.2, 0.25) is 0 Å². The predicted molar refractivity (Wildman–Crippen MR) is 246 cm³/mol. The molecule has 0 amide bonds. The molecule has 0 fully saturated rings. The number of hydrogen-bond acceptors (Lipinski definition) is 4. The number of nitrogens with zero attached hydrogens (tertiary/aromatic N) is 4. The Bertz CT molecular complexity index is 3400. The Balaban J connectivity index is 1.20. The van der Waals surface area contributed by atoms with Crippen molar-refractivity contribution in [2.45, 2.75) is 19.3 Å². The molecule has 5 heteroatoms. The summed E-state index contributed by atoms with van der Waals surface area (Å²) in [6, 6.07) is 65.4. The number of fused-ring (bicyclic) bond motifs is 9. The molecule has 0 unspecified atom stereocenters.